The average Bonchev–Trinajstić information content (AvgIpc) is 2.94. The molecule has 0 aromatic carbocycles. The molecule has 1 aliphatic heterocycles. The quantitative estimate of drug-likeness (QED) is 0.777. The molecule has 1 unspecified atom stereocenters. The minimum atomic E-state index is -0.410. The van der Waals surface area contributed by atoms with Crippen LogP contribution in [0.1, 0.15) is 28.9 Å². The third-order valence-corrected chi connectivity index (χ3v) is 3.50. The van der Waals surface area contributed by atoms with Gasteiger partial charge in [-0.3, -0.25) is 0 Å². The Morgan fingerprint density at radius 2 is 2.05 bits per heavy atom. The zero-order chi connectivity index (χ0) is 14.7. The molecule has 1 aliphatic rings. The van der Waals surface area contributed by atoms with E-state index in [4.69, 9.17) is 9.47 Å². The van der Waals surface area contributed by atoms with Crippen LogP contribution in [0.4, 0.5) is 5.82 Å². The Bertz CT molecular complexity index is 530. The average molecular weight is 278 g/mol. The predicted molar refractivity (Wildman–Crippen MR) is 72.7 cm³/mol. The number of aryl methyl sites for hydroxylation is 1. The number of ether oxygens (including phenoxy) is 2. The van der Waals surface area contributed by atoms with Crippen LogP contribution in [-0.2, 0) is 14.3 Å². The number of pyridine rings is 1. The van der Waals surface area contributed by atoms with Crippen LogP contribution in [0.15, 0.2) is 12.1 Å². The normalized spacial score (nSPS) is 17.9. The van der Waals surface area contributed by atoms with Crippen molar-refractivity contribution in [2.75, 3.05) is 25.7 Å². The van der Waals surface area contributed by atoms with Gasteiger partial charge in [0.25, 0.3) is 0 Å². The maximum absolute atomic E-state index is 11.7. The van der Waals surface area contributed by atoms with Gasteiger partial charge in [-0.2, -0.15) is 0 Å². The van der Waals surface area contributed by atoms with Crippen molar-refractivity contribution in [1.29, 1.82) is 0 Å². The zero-order valence-corrected chi connectivity index (χ0v) is 11.9. The number of aromatic nitrogens is 1. The molecule has 1 atom stereocenters. The molecule has 1 aromatic rings. The van der Waals surface area contributed by atoms with Gasteiger partial charge in [0, 0.05) is 6.54 Å². The van der Waals surface area contributed by atoms with Crippen LogP contribution >= 0.6 is 0 Å². The van der Waals surface area contributed by atoms with Gasteiger partial charge < -0.3 is 14.4 Å². The van der Waals surface area contributed by atoms with Crippen LogP contribution in [0.5, 0.6) is 0 Å². The number of carbonyl (C=O) groups is 2. The Balaban J connectivity index is 2.27. The first kappa shape index (κ1) is 14.3. The van der Waals surface area contributed by atoms with Crippen molar-refractivity contribution in [2.24, 2.45) is 0 Å². The lowest BCUT2D eigenvalue weighted by Gasteiger charge is -2.24. The maximum atomic E-state index is 11.7. The highest BCUT2D eigenvalue weighted by Gasteiger charge is 2.32. The van der Waals surface area contributed by atoms with Gasteiger partial charge in [-0.15, -0.1) is 0 Å². The molecule has 1 aromatic heterocycles. The number of nitrogens with zero attached hydrogens (tertiary/aromatic N) is 2. The van der Waals surface area contributed by atoms with Crippen molar-refractivity contribution < 1.29 is 19.1 Å². The molecule has 6 nitrogen and oxygen atoms in total. The van der Waals surface area contributed by atoms with Crippen molar-refractivity contribution in [3.8, 4) is 0 Å². The predicted octanol–water partition coefficient (Wildman–Crippen LogP) is 1.32. The number of esters is 2. The van der Waals surface area contributed by atoms with E-state index in [0.29, 0.717) is 17.1 Å². The summed E-state index contributed by atoms with van der Waals surface area (Å²) in [6.07, 6.45) is 1.67. The Morgan fingerprint density at radius 1 is 1.30 bits per heavy atom. The van der Waals surface area contributed by atoms with E-state index in [2.05, 4.69) is 4.98 Å². The van der Waals surface area contributed by atoms with Crippen molar-refractivity contribution in [3.63, 3.8) is 0 Å². The van der Waals surface area contributed by atoms with E-state index >= 15 is 0 Å². The van der Waals surface area contributed by atoms with Crippen LogP contribution in [0.25, 0.3) is 0 Å². The SMILES string of the molecule is COC(=O)c1ccc(N2CCCC2C(=O)OC)nc1C. The first-order valence-corrected chi connectivity index (χ1v) is 6.49. The van der Waals surface area contributed by atoms with E-state index in [1.165, 1.54) is 14.2 Å². The number of methoxy groups -OCH3 is 2. The van der Waals surface area contributed by atoms with Crippen molar-refractivity contribution in [1.82, 2.24) is 4.98 Å². The highest BCUT2D eigenvalue weighted by molar-refractivity contribution is 5.90. The first-order chi connectivity index (χ1) is 9.58. The minimum absolute atomic E-state index is 0.251. The lowest BCUT2D eigenvalue weighted by atomic mass is 10.2. The van der Waals surface area contributed by atoms with Crippen LogP contribution in [0, 0.1) is 6.92 Å². The molecule has 2 heterocycles. The molecule has 108 valence electrons. The van der Waals surface area contributed by atoms with Crippen LogP contribution in [-0.4, -0.2) is 43.7 Å². The van der Waals surface area contributed by atoms with E-state index < -0.39 is 5.97 Å². The molecule has 6 heteroatoms. The van der Waals surface area contributed by atoms with Gasteiger partial charge in [0.15, 0.2) is 0 Å². The van der Waals surface area contributed by atoms with Crippen LogP contribution < -0.4 is 4.90 Å². The van der Waals surface area contributed by atoms with Gasteiger partial charge in [-0.25, -0.2) is 14.6 Å². The molecule has 0 bridgehead atoms. The van der Waals surface area contributed by atoms with Gasteiger partial charge in [0.05, 0.1) is 25.5 Å². The highest BCUT2D eigenvalue weighted by atomic mass is 16.5. The summed E-state index contributed by atoms with van der Waals surface area (Å²) >= 11 is 0. The summed E-state index contributed by atoms with van der Waals surface area (Å²) in [5, 5.41) is 0. The highest BCUT2D eigenvalue weighted by Crippen LogP contribution is 2.25. The molecule has 0 saturated carbocycles. The Labute approximate surface area is 117 Å². The van der Waals surface area contributed by atoms with E-state index in [-0.39, 0.29) is 12.0 Å². The molecule has 0 spiro atoms. The summed E-state index contributed by atoms with van der Waals surface area (Å²) in [6, 6.07) is 3.12. The standard InChI is InChI=1S/C14H18N2O4/c1-9-10(13(17)19-2)6-7-12(15-9)16-8-4-5-11(16)14(18)20-3/h6-7,11H,4-5,8H2,1-3H3. The van der Waals surface area contributed by atoms with Gasteiger partial charge in [0.1, 0.15) is 11.9 Å². The summed E-state index contributed by atoms with van der Waals surface area (Å²) < 4.78 is 9.51. The summed E-state index contributed by atoms with van der Waals surface area (Å²) in [5.41, 5.74) is 1.02. The van der Waals surface area contributed by atoms with Gasteiger partial charge in [-0.1, -0.05) is 0 Å². The maximum Gasteiger partial charge on any atom is 0.339 e. The first-order valence-electron chi connectivity index (χ1n) is 6.49. The number of carbonyl (C=O) groups excluding carboxylic acids is 2. The molecule has 20 heavy (non-hydrogen) atoms. The fourth-order valence-corrected chi connectivity index (χ4v) is 2.46. The van der Waals surface area contributed by atoms with Gasteiger partial charge in [0.2, 0.25) is 0 Å². The molecule has 0 N–H and O–H groups in total. The van der Waals surface area contributed by atoms with Crippen molar-refractivity contribution in [3.05, 3.63) is 23.4 Å². The Morgan fingerprint density at radius 3 is 2.65 bits per heavy atom. The number of rotatable bonds is 3. The van der Waals surface area contributed by atoms with Crippen LogP contribution in [0.2, 0.25) is 0 Å². The van der Waals surface area contributed by atoms with E-state index in [9.17, 15) is 9.59 Å². The summed E-state index contributed by atoms with van der Waals surface area (Å²) in [4.78, 5) is 29.6. The minimum Gasteiger partial charge on any atom is -0.467 e. The summed E-state index contributed by atoms with van der Waals surface area (Å²) in [6.45, 7) is 2.50. The lowest BCUT2D eigenvalue weighted by Crippen LogP contribution is -2.37. The van der Waals surface area contributed by atoms with Crippen molar-refractivity contribution in [2.45, 2.75) is 25.8 Å². The molecular formula is C14H18N2O4. The fraction of sp³-hybridized carbons (Fsp3) is 0.500. The van der Waals surface area contributed by atoms with Gasteiger partial charge in [-0.05, 0) is 31.9 Å². The molecule has 0 radical (unpaired) electrons. The zero-order valence-electron chi connectivity index (χ0n) is 11.9. The second kappa shape index (κ2) is 5.90. The monoisotopic (exact) mass is 278 g/mol. The molecule has 2 rings (SSSR count). The Kier molecular flexibility index (Phi) is 4.22. The molecular weight excluding hydrogens is 260 g/mol. The fourth-order valence-electron chi connectivity index (χ4n) is 2.46. The lowest BCUT2D eigenvalue weighted by molar-refractivity contribution is -0.141. The topological polar surface area (TPSA) is 68.7 Å². The molecule has 0 amide bonds. The summed E-state index contributed by atoms with van der Waals surface area (Å²) in [5.74, 6) is 0.0227. The van der Waals surface area contributed by atoms with Gasteiger partial charge >= 0.3 is 11.9 Å². The smallest absolute Gasteiger partial charge is 0.339 e. The van der Waals surface area contributed by atoms with E-state index in [0.717, 1.165) is 19.4 Å². The number of anilines is 1. The third-order valence-electron chi connectivity index (χ3n) is 3.50. The van der Waals surface area contributed by atoms with Crippen molar-refractivity contribution >= 4 is 17.8 Å². The van der Waals surface area contributed by atoms with Crippen LogP contribution in [0.3, 0.4) is 0 Å². The molecule has 0 aliphatic carbocycles. The second-order valence-electron chi connectivity index (χ2n) is 4.67. The number of hydrogen-bond donors (Lipinski definition) is 0. The largest absolute Gasteiger partial charge is 0.467 e. The second-order valence-corrected chi connectivity index (χ2v) is 4.67. The molecule has 1 saturated heterocycles. The van der Waals surface area contributed by atoms with E-state index in [1.54, 1.807) is 19.1 Å². The summed E-state index contributed by atoms with van der Waals surface area (Å²) in [7, 11) is 2.72. The third kappa shape index (κ3) is 2.59. The van der Waals surface area contributed by atoms with E-state index in [1.807, 2.05) is 4.90 Å². The number of hydrogen-bond acceptors (Lipinski definition) is 6. The molecule has 1 fully saturated rings. The Hall–Kier alpha value is -2.11.